The molecule has 1 saturated heterocycles. The van der Waals surface area contributed by atoms with Crippen LogP contribution in [0.1, 0.15) is 45.9 Å². The molecule has 2 N–H and O–H groups in total. The summed E-state index contributed by atoms with van der Waals surface area (Å²) in [5.74, 6) is 6.03. The second kappa shape index (κ2) is 8.35. The fourth-order valence-corrected chi connectivity index (χ4v) is 5.67. The highest BCUT2D eigenvalue weighted by Crippen LogP contribution is 2.45. The van der Waals surface area contributed by atoms with Crippen LogP contribution in [0, 0.1) is 12.8 Å². The Morgan fingerprint density at radius 1 is 1.45 bits per heavy atom. The molecule has 10 nitrogen and oxygen atoms in total. The first-order valence-corrected chi connectivity index (χ1v) is 12.7. The summed E-state index contributed by atoms with van der Waals surface area (Å²) in [4.78, 5) is 27.2. The summed E-state index contributed by atoms with van der Waals surface area (Å²) >= 11 is 0. The lowest BCUT2D eigenvalue weighted by Crippen LogP contribution is -2.47. The molecule has 2 rings (SSSR count). The van der Waals surface area contributed by atoms with Gasteiger partial charge in [0, 0.05) is 23.1 Å². The van der Waals surface area contributed by atoms with Gasteiger partial charge in [-0.2, -0.15) is 4.68 Å². The molecule has 29 heavy (non-hydrogen) atoms. The van der Waals surface area contributed by atoms with Crippen molar-refractivity contribution >= 4 is 8.32 Å². The molecule has 1 fully saturated rings. The molecule has 0 bridgehead atoms. The van der Waals surface area contributed by atoms with Crippen LogP contribution in [0.5, 0.6) is 0 Å². The Hall–Kier alpha value is -2.07. The number of rotatable bonds is 7. The third-order valence-corrected chi connectivity index (χ3v) is 11.2. The van der Waals surface area contributed by atoms with Crippen LogP contribution >= 0.6 is 0 Å². The first-order chi connectivity index (χ1) is 13.3. The van der Waals surface area contributed by atoms with Gasteiger partial charge in [-0.3, -0.25) is 9.36 Å². The van der Waals surface area contributed by atoms with E-state index in [4.69, 9.17) is 20.5 Å². The van der Waals surface area contributed by atoms with E-state index in [0.29, 0.717) is 22.6 Å². The van der Waals surface area contributed by atoms with E-state index in [9.17, 15) is 9.59 Å². The van der Waals surface area contributed by atoms with Gasteiger partial charge in [0.1, 0.15) is 6.23 Å². The second-order valence-electron chi connectivity index (χ2n) is 9.01. The zero-order valence-corrected chi connectivity index (χ0v) is 19.2. The molecule has 0 unspecified atom stereocenters. The molecule has 0 aromatic carbocycles. The van der Waals surface area contributed by atoms with Crippen molar-refractivity contribution in [1.82, 2.24) is 9.24 Å². The Morgan fingerprint density at radius 3 is 2.62 bits per heavy atom. The van der Waals surface area contributed by atoms with Crippen LogP contribution in [-0.4, -0.2) is 36.3 Å². The molecular formula is C18H32N6O4Si. The predicted octanol–water partition coefficient (Wildman–Crippen LogP) is 2.66. The van der Waals surface area contributed by atoms with Gasteiger partial charge in [0.2, 0.25) is 0 Å². The van der Waals surface area contributed by atoms with Crippen molar-refractivity contribution in [3.63, 3.8) is 0 Å². The Morgan fingerprint density at radius 2 is 2.07 bits per heavy atom. The Balaban J connectivity index is 2.26. The number of nitrogens with two attached hydrogens (primary N) is 1. The van der Waals surface area contributed by atoms with E-state index < -0.39 is 37.9 Å². The van der Waals surface area contributed by atoms with Gasteiger partial charge < -0.3 is 15.0 Å². The minimum absolute atomic E-state index is 0.0299. The van der Waals surface area contributed by atoms with Crippen molar-refractivity contribution in [2.45, 2.75) is 77.5 Å². The van der Waals surface area contributed by atoms with Gasteiger partial charge in [-0.25, -0.2) is 4.79 Å². The third-order valence-electron chi connectivity index (χ3n) is 6.63. The van der Waals surface area contributed by atoms with Gasteiger partial charge in [0.25, 0.3) is 5.56 Å². The summed E-state index contributed by atoms with van der Waals surface area (Å²) in [6.07, 6.45) is 0.542. The highest BCUT2D eigenvalue weighted by molar-refractivity contribution is 6.74. The lowest BCUT2D eigenvalue weighted by molar-refractivity contribution is -0.0254. The SMILES string of the molecule is Cc1cn([C@H]2C[C@H](N=[N+]=[N-])[C@@H](CO[Si](C)(C)C(C)(C)C(C)C)O2)c(=O)n(N)c1=O. The summed E-state index contributed by atoms with van der Waals surface area (Å²) in [5.41, 5.74) is 8.04. The quantitative estimate of drug-likeness (QED) is 0.236. The van der Waals surface area contributed by atoms with E-state index in [-0.39, 0.29) is 11.6 Å². The van der Waals surface area contributed by atoms with Crippen molar-refractivity contribution in [3.05, 3.63) is 43.0 Å². The van der Waals surface area contributed by atoms with E-state index >= 15 is 0 Å². The van der Waals surface area contributed by atoms with Crippen molar-refractivity contribution in [2.24, 2.45) is 11.0 Å². The van der Waals surface area contributed by atoms with Crippen LogP contribution in [-0.2, 0) is 9.16 Å². The average molecular weight is 425 g/mol. The molecule has 162 valence electrons. The van der Waals surface area contributed by atoms with Crippen LogP contribution in [0.25, 0.3) is 10.4 Å². The van der Waals surface area contributed by atoms with Crippen molar-refractivity contribution in [2.75, 3.05) is 12.4 Å². The Labute approximate surface area is 171 Å². The van der Waals surface area contributed by atoms with Crippen LogP contribution < -0.4 is 17.1 Å². The minimum Gasteiger partial charge on any atom is -0.414 e. The maximum Gasteiger partial charge on any atom is 0.351 e. The van der Waals surface area contributed by atoms with Gasteiger partial charge >= 0.3 is 5.69 Å². The van der Waals surface area contributed by atoms with E-state index in [1.807, 2.05) is 0 Å². The topological polar surface area (TPSA) is 137 Å². The predicted molar refractivity (Wildman–Crippen MR) is 114 cm³/mol. The zero-order chi connectivity index (χ0) is 22.1. The first-order valence-electron chi connectivity index (χ1n) is 9.77. The number of hydrogen-bond donors (Lipinski definition) is 1. The molecule has 0 amide bonds. The number of aromatic nitrogens is 2. The van der Waals surface area contributed by atoms with Gasteiger partial charge in [-0.1, -0.05) is 32.8 Å². The minimum atomic E-state index is -2.10. The summed E-state index contributed by atoms with van der Waals surface area (Å²) in [6.45, 7) is 15.0. The zero-order valence-electron chi connectivity index (χ0n) is 18.2. The molecule has 0 aliphatic carbocycles. The molecule has 1 aliphatic rings. The summed E-state index contributed by atoms with van der Waals surface area (Å²) in [7, 11) is -2.10. The fraction of sp³-hybridized carbons (Fsp3) is 0.778. The Kier molecular flexibility index (Phi) is 6.68. The van der Waals surface area contributed by atoms with Gasteiger partial charge in [0.15, 0.2) is 8.32 Å². The lowest BCUT2D eigenvalue weighted by atomic mass is 9.99. The molecule has 3 atom stereocenters. The van der Waals surface area contributed by atoms with Crippen molar-refractivity contribution < 1.29 is 9.16 Å². The van der Waals surface area contributed by atoms with E-state index in [1.54, 1.807) is 6.92 Å². The van der Waals surface area contributed by atoms with Crippen molar-refractivity contribution in [1.29, 1.82) is 0 Å². The molecule has 1 aromatic heterocycles. The maximum atomic E-state index is 12.4. The number of nitrogen functional groups attached to an aromatic ring is 1. The smallest absolute Gasteiger partial charge is 0.351 e. The van der Waals surface area contributed by atoms with Gasteiger partial charge in [-0.05, 0) is 36.5 Å². The van der Waals surface area contributed by atoms with Gasteiger partial charge in [-0.15, -0.1) is 0 Å². The first kappa shape index (κ1) is 23.2. The largest absolute Gasteiger partial charge is 0.414 e. The van der Waals surface area contributed by atoms with E-state index in [2.05, 4.69) is 50.8 Å². The number of azide groups is 1. The monoisotopic (exact) mass is 424 g/mol. The van der Waals surface area contributed by atoms with Crippen LogP contribution in [0.3, 0.4) is 0 Å². The molecule has 1 aliphatic heterocycles. The molecular weight excluding hydrogens is 392 g/mol. The van der Waals surface area contributed by atoms with Crippen molar-refractivity contribution in [3.8, 4) is 0 Å². The number of hydrogen-bond acceptors (Lipinski definition) is 6. The highest BCUT2D eigenvalue weighted by Gasteiger charge is 2.45. The number of nitrogens with zero attached hydrogens (tertiary/aromatic N) is 5. The number of aryl methyl sites for hydroxylation is 1. The van der Waals surface area contributed by atoms with Crippen LogP contribution in [0.4, 0.5) is 0 Å². The third kappa shape index (κ3) is 4.42. The normalized spacial score (nSPS) is 22.7. The molecule has 0 spiro atoms. The summed E-state index contributed by atoms with van der Waals surface area (Å²) in [5, 5.41) is 3.88. The molecule has 2 heterocycles. The lowest BCUT2D eigenvalue weighted by Gasteiger charge is -2.43. The molecule has 0 saturated carbocycles. The molecule has 0 radical (unpaired) electrons. The highest BCUT2D eigenvalue weighted by atomic mass is 28.4. The van der Waals surface area contributed by atoms with E-state index in [1.165, 1.54) is 10.8 Å². The second-order valence-corrected chi connectivity index (χ2v) is 13.6. The van der Waals surface area contributed by atoms with Crippen LogP contribution in [0.15, 0.2) is 20.9 Å². The Bertz CT molecular complexity index is 916. The molecule has 1 aromatic rings. The fourth-order valence-electron chi connectivity index (χ4n) is 3.32. The average Bonchev–Trinajstić information content (AvgIpc) is 3.04. The van der Waals surface area contributed by atoms with E-state index in [0.717, 1.165) is 0 Å². The van der Waals surface area contributed by atoms with Gasteiger partial charge in [0.05, 0.1) is 18.8 Å². The molecule has 11 heteroatoms. The summed E-state index contributed by atoms with van der Waals surface area (Å²) < 4.78 is 14.2. The number of ether oxygens (including phenoxy) is 1. The van der Waals surface area contributed by atoms with Crippen LogP contribution in [0.2, 0.25) is 18.1 Å². The maximum absolute atomic E-state index is 12.4. The standard InChI is InChI=1S/C18H32N6O4Si/c1-11(2)18(4,5)29(6,7)27-10-14-13(21-22-19)8-15(28-14)23-9-12(3)16(25)24(20)17(23)26/h9,11,13-15H,8,10,20H2,1-7H3/t13-,14+,15+/m0/s1. The summed E-state index contributed by atoms with van der Waals surface area (Å²) in [6, 6.07) is -0.484.